The van der Waals surface area contributed by atoms with Crippen LogP contribution in [0.4, 0.5) is 0 Å². The number of tetrazole rings is 1. The first-order chi connectivity index (χ1) is 11.7. The molecule has 2 aliphatic heterocycles. The van der Waals surface area contributed by atoms with Crippen LogP contribution in [-0.4, -0.2) is 75.4 Å². The van der Waals surface area contributed by atoms with E-state index in [0.29, 0.717) is 12.0 Å². The number of nitrogens with zero attached hydrogens (tertiary/aromatic N) is 6. The Hall–Kier alpha value is -1.05. The van der Waals surface area contributed by atoms with Gasteiger partial charge < -0.3 is 9.64 Å². The molecule has 0 bridgehead atoms. The average Bonchev–Trinajstić information content (AvgIpc) is 3.25. The Labute approximate surface area is 145 Å². The van der Waals surface area contributed by atoms with Crippen LogP contribution in [0.15, 0.2) is 0 Å². The second-order valence-corrected chi connectivity index (χ2v) is 7.47. The molecule has 0 saturated carbocycles. The molecule has 2 aliphatic rings. The van der Waals surface area contributed by atoms with Crippen molar-refractivity contribution >= 4 is 0 Å². The first-order valence-corrected chi connectivity index (χ1v) is 9.51. The maximum Gasteiger partial charge on any atom is 0.168 e. The standard InChI is InChI=1S/C17H32N6O/c1-4-21-7-9-22(10-8-21)16(12-14(2)3)17-18-19-20-23(17)13-15-6-5-11-24-15/h14-16H,4-13H2,1-3H3. The van der Waals surface area contributed by atoms with Gasteiger partial charge in [-0.2, -0.15) is 0 Å². The molecule has 1 aromatic heterocycles. The van der Waals surface area contributed by atoms with E-state index in [2.05, 4.69) is 46.1 Å². The van der Waals surface area contributed by atoms with Crippen molar-refractivity contribution in [2.75, 3.05) is 39.3 Å². The van der Waals surface area contributed by atoms with Crippen molar-refractivity contribution in [2.45, 2.75) is 58.7 Å². The van der Waals surface area contributed by atoms with Gasteiger partial charge in [-0.25, -0.2) is 4.68 Å². The summed E-state index contributed by atoms with van der Waals surface area (Å²) in [6.07, 6.45) is 3.63. The molecule has 136 valence electrons. The molecule has 2 unspecified atom stereocenters. The minimum atomic E-state index is 0.267. The summed E-state index contributed by atoms with van der Waals surface area (Å²) in [5.74, 6) is 1.64. The Kier molecular flexibility index (Phi) is 6.19. The SMILES string of the molecule is CCN1CCN(C(CC(C)C)c2nnnn2CC2CCCO2)CC1. The van der Waals surface area contributed by atoms with Crippen molar-refractivity contribution < 1.29 is 4.74 Å². The van der Waals surface area contributed by atoms with Gasteiger partial charge in [-0.15, -0.1) is 5.10 Å². The number of likely N-dealkylation sites (N-methyl/N-ethyl adjacent to an activating group) is 1. The Morgan fingerprint density at radius 3 is 2.62 bits per heavy atom. The second kappa shape index (κ2) is 8.36. The lowest BCUT2D eigenvalue weighted by Crippen LogP contribution is -2.48. The van der Waals surface area contributed by atoms with Gasteiger partial charge in [-0.05, 0) is 42.2 Å². The number of ether oxygens (including phenoxy) is 1. The lowest BCUT2D eigenvalue weighted by molar-refractivity contribution is 0.0738. The third kappa shape index (κ3) is 4.32. The summed E-state index contributed by atoms with van der Waals surface area (Å²) in [7, 11) is 0. The zero-order chi connectivity index (χ0) is 16.9. The van der Waals surface area contributed by atoms with Gasteiger partial charge in [0, 0.05) is 32.8 Å². The first kappa shape index (κ1) is 17.8. The van der Waals surface area contributed by atoms with Crippen LogP contribution >= 0.6 is 0 Å². The van der Waals surface area contributed by atoms with E-state index in [-0.39, 0.29) is 6.10 Å². The van der Waals surface area contributed by atoms with Crippen molar-refractivity contribution in [3.8, 4) is 0 Å². The van der Waals surface area contributed by atoms with Crippen molar-refractivity contribution in [1.29, 1.82) is 0 Å². The fraction of sp³-hybridized carbons (Fsp3) is 0.941. The van der Waals surface area contributed by atoms with E-state index in [0.717, 1.165) is 71.0 Å². The molecule has 0 amide bonds. The highest BCUT2D eigenvalue weighted by Crippen LogP contribution is 2.28. The molecular weight excluding hydrogens is 304 g/mol. The van der Waals surface area contributed by atoms with Crippen LogP contribution in [0.3, 0.4) is 0 Å². The predicted octanol–water partition coefficient (Wildman–Crippen LogP) is 1.58. The quantitative estimate of drug-likeness (QED) is 0.753. The molecule has 0 N–H and O–H groups in total. The molecule has 3 heterocycles. The van der Waals surface area contributed by atoms with Crippen LogP contribution < -0.4 is 0 Å². The Bertz CT molecular complexity index is 491. The maximum atomic E-state index is 5.78. The highest BCUT2D eigenvalue weighted by atomic mass is 16.5. The summed E-state index contributed by atoms with van der Waals surface area (Å²) >= 11 is 0. The Morgan fingerprint density at radius 2 is 2.00 bits per heavy atom. The van der Waals surface area contributed by atoms with Crippen LogP contribution in [0.1, 0.15) is 51.9 Å². The van der Waals surface area contributed by atoms with Crippen molar-refractivity contribution in [1.82, 2.24) is 30.0 Å². The molecule has 24 heavy (non-hydrogen) atoms. The fourth-order valence-electron chi connectivity index (χ4n) is 3.82. The highest BCUT2D eigenvalue weighted by Gasteiger charge is 2.30. The summed E-state index contributed by atoms with van der Waals surface area (Å²) in [6.45, 7) is 14.1. The number of aromatic nitrogens is 4. The number of hydrogen-bond donors (Lipinski definition) is 0. The lowest BCUT2D eigenvalue weighted by Gasteiger charge is -2.39. The summed E-state index contributed by atoms with van der Waals surface area (Å²) in [6, 6.07) is 0.306. The Balaban J connectivity index is 1.72. The van der Waals surface area contributed by atoms with Gasteiger partial charge in [0.1, 0.15) is 0 Å². The van der Waals surface area contributed by atoms with E-state index in [4.69, 9.17) is 4.74 Å². The minimum absolute atomic E-state index is 0.267. The van der Waals surface area contributed by atoms with Crippen LogP contribution in [-0.2, 0) is 11.3 Å². The molecule has 2 saturated heterocycles. The zero-order valence-corrected chi connectivity index (χ0v) is 15.4. The smallest absolute Gasteiger partial charge is 0.168 e. The second-order valence-electron chi connectivity index (χ2n) is 7.47. The van der Waals surface area contributed by atoms with Crippen molar-refractivity contribution in [2.24, 2.45) is 5.92 Å². The van der Waals surface area contributed by atoms with E-state index in [9.17, 15) is 0 Å². The predicted molar refractivity (Wildman–Crippen MR) is 92.7 cm³/mol. The van der Waals surface area contributed by atoms with E-state index in [1.54, 1.807) is 0 Å². The summed E-state index contributed by atoms with van der Waals surface area (Å²) in [5.41, 5.74) is 0. The normalized spacial score (nSPS) is 24.8. The molecule has 2 fully saturated rings. The highest BCUT2D eigenvalue weighted by molar-refractivity contribution is 4.96. The number of hydrogen-bond acceptors (Lipinski definition) is 6. The molecule has 1 aromatic rings. The van der Waals surface area contributed by atoms with E-state index < -0.39 is 0 Å². The van der Waals surface area contributed by atoms with Crippen LogP contribution in [0.2, 0.25) is 0 Å². The Morgan fingerprint density at radius 1 is 1.21 bits per heavy atom. The fourth-order valence-corrected chi connectivity index (χ4v) is 3.82. The topological polar surface area (TPSA) is 59.3 Å². The molecule has 2 atom stereocenters. The monoisotopic (exact) mass is 336 g/mol. The molecular formula is C17H32N6O. The van der Waals surface area contributed by atoms with E-state index in [1.807, 2.05) is 4.68 Å². The van der Waals surface area contributed by atoms with Crippen LogP contribution in [0.25, 0.3) is 0 Å². The minimum Gasteiger partial charge on any atom is -0.376 e. The van der Waals surface area contributed by atoms with Gasteiger partial charge in [0.25, 0.3) is 0 Å². The van der Waals surface area contributed by atoms with Gasteiger partial charge in [-0.1, -0.05) is 20.8 Å². The number of rotatable bonds is 7. The maximum absolute atomic E-state index is 5.78. The molecule has 3 rings (SSSR count). The van der Waals surface area contributed by atoms with E-state index in [1.165, 1.54) is 0 Å². The molecule has 0 spiro atoms. The average molecular weight is 336 g/mol. The van der Waals surface area contributed by atoms with Crippen molar-refractivity contribution in [3.63, 3.8) is 0 Å². The largest absolute Gasteiger partial charge is 0.376 e. The molecule has 7 nitrogen and oxygen atoms in total. The summed E-state index contributed by atoms with van der Waals surface area (Å²) in [5, 5.41) is 12.7. The molecule has 0 radical (unpaired) electrons. The summed E-state index contributed by atoms with van der Waals surface area (Å²) < 4.78 is 7.77. The number of piperazine rings is 1. The summed E-state index contributed by atoms with van der Waals surface area (Å²) in [4.78, 5) is 5.09. The van der Waals surface area contributed by atoms with Crippen molar-refractivity contribution in [3.05, 3.63) is 5.82 Å². The van der Waals surface area contributed by atoms with Crippen LogP contribution in [0, 0.1) is 5.92 Å². The van der Waals surface area contributed by atoms with Gasteiger partial charge in [0.2, 0.25) is 0 Å². The van der Waals surface area contributed by atoms with Gasteiger partial charge in [0.15, 0.2) is 5.82 Å². The molecule has 0 aromatic carbocycles. The lowest BCUT2D eigenvalue weighted by atomic mass is 10.0. The van der Waals surface area contributed by atoms with Gasteiger partial charge >= 0.3 is 0 Å². The first-order valence-electron chi connectivity index (χ1n) is 9.51. The van der Waals surface area contributed by atoms with Gasteiger partial charge in [-0.3, -0.25) is 4.90 Å². The zero-order valence-electron chi connectivity index (χ0n) is 15.4. The van der Waals surface area contributed by atoms with E-state index >= 15 is 0 Å². The molecule has 0 aliphatic carbocycles. The molecule has 7 heteroatoms. The third-order valence-corrected chi connectivity index (χ3v) is 5.25. The van der Waals surface area contributed by atoms with Gasteiger partial charge in [0.05, 0.1) is 18.7 Å². The van der Waals surface area contributed by atoms with Crippen LogP contribution in [0.5, 0.6) is 0 Å². The third-order valence-electron chi connectivity index (χ3n) is 5.25.